The molecular weight excluding hydrogens is 454 g/mol. The predicted molar refractivity (Wildman–Crippen MR) is 120 cm³/mol. The van der Waals surface area contributed by atoms with Gasteiger partial charge in [0.1, 0.15) is 5.82 Å². The van der Waals surface area contributed by atoms with Gasteiger partial charge in [-0.05, 0) is 78.5 Å². The van der Waals surface area contributed by atoms with Gasteiger partial charge in [0.25, 0.3) is 0 Å². The molecule has 0 bridgehead atoms. The molecule has 0 heterocycles. The van der Waals surface area contributed by atoms with Crippen molar-refractivity contribution >= 4 is 6.08 Å². The van der Waals surface area contributed by atoms with Gasteiger partial charge < -0.3 is 4.74 Å². The molecule has 1 nitrogen and oxygen atoms in total. The van der Waals surface area contributed by atoms with Crippen LogP contribution >= 0.6 is 0 Å². The Hall–Kier alpha value is -2.44. The largest absolute Gasteiger partial charge is 0.573 e. The second-order valence-corrected chi connectivity index (χ2v) is 9.48. The van der Waals surface area contributed by atoms with E-state index in [0.29, 0.717) is 18.6 Å². The standard InChI is InChI=1S/C27H28F6O/c1-2-16-3-5-17(6-4-16)7-8-18-9-10-19-12-22(23(28)13-20(19)11-18)21-14-24(29)26(25(30)15-21)34-27(31,32)33/h11-17H,2-10H2,1H3. The van der Waals surface area contributed by atoms with Gasteiger partial charge in [0.2, 0.25) is 5.75 Å². The van der Waals surface area contributed by atoms with E-state index in [4.69, 9.17) is 0 Å². The van der Waals surface area contributed by atoms with Crippen LogP contribution in [0.4, 0.5) is 26.3 Å². The van der Waals surface area contributed by atoms with Gasteiger partial charge in [-0.1, -0.05) is 50.7 Å². The molecule has 1 saturated carbocycles. The van der Waals surface area contributed by atoms with Crippen LogP contribution in [-0.4, -0.2) is 6.36 Å². The van der Waals surface area contributed by atoms with Crippen molar-refractivity contribution in [2.75, 3.05) is 0 Å². The van der Waals surface area contributed by atoms with Gasteiger partial charge in [-0.2, -0.15) is 0 Å². The third-order valence-electron chi connectivity index (χ3n) is 7.25. The third kappa shape index (κ3) is 5.78. The first kappa shape index (κ1) is 24.7. The highest BCUT2D eigenvalue weighted by molar-refractivity contribution is 5.71. The molecular formula is C27H28F6O. The minimum atomic E-state index is -5.24. The predicted octanol–water partition coefficient (Wildman–Crippen LogP) is 9.00. The number of hydrogen-bond donors (Lipinski definition) is 0. The minimum absolute atomic E-state index is 0.0559. The highest BCUT2D eigenvalue weighted by Crippen LogP contribution is 2.38. The molecule has 0 spiro atoms. The molecule has 7 heteroatoms. The summed E-state index contributed by atoms with van der Waals surface area (Å²) in [5.74, 6) is -3.70. The highest BCUT2D eigenvalue weighted by atomic mass is 19.4. The lowest BCUT2D eigenvalue weighted by atomic mass is 9.78. The molecule has 4 rings (SSSR count). The van der Waals surface area contributed by atoms with Crippen LogP contribution in [0.2, 0.25) is 0 Å². The highest BCUT2D eigenvalue weighted by Gasteiger charge is 2.34. The maximum Gasteiger partial charge on any atom is 0.573 e. The Morgan fingerprint density at radius 1 is 0.853 bits per heavy atom. The lowest BCUT2D eigenvalue weighted by molar-refractivity contribution is -0.276. The number of fused-ring (bicyclic) bond motifs is 1. The maximum atomic E-state index is 14.9. The minimum Gasteiger partial charge on any atom is -0.399 e. The number of aryl methyl sites for hydroxylation is 1. The second kappa shape index (κ2) is 10.0. The second-order valence-electron chi connectivity index (χ2n) is 9.48. The summed E-state index contributed by atoms with van der Waals surface area (Å²) in [7, 11) is 0. The first-order chi connectivity index (χ1) is 16.1. The number of alkyl halides is 3. The van der Waals surface area contributed by atoms with E-state index in [1.54, 1.807) is 0 Å². The number of rotatable bonds is 6. The Morgan fingerprint density at radius 3 is 2.12 bits per heavy atom. The molecule has 0 N–H and O–H groups in total. The van der Waals surface area contributed by atoms with Gasteiger partial charge in [0.05, 0.1) is 0 Å². The number of allylic oxidation sites excluding steroid dienone is 1. The zero-order chi connectivity index (χ0) is 24.5. The third-order valence-corrected chi connectivity index (χ3v) is 7.25. The van der Waals surface area contributed by atoms with E-state index in [1.165, 1.54) is 49.8 Å². The topological polar surface area (TPSA) is 9.23 Å². The van der Waals surface area contributed by atoms with E-state index in [0.717, 1.165) is 42.2 Å². The van der Waals surface area contributed by atoms with Gasteiger partial charge in [0.15, 0.2) is 11.6 Å². The van der Waals surface area contributed by atoms with Crippen LogP contribution in [0.5, 0.6) is 5.75 Å². The fourth-order valence-electron chi connectivity index (χ4n) is 5.24. The molecule has 2 aromatic carbocycles. The Bertz CT molecular complexity index is 1040. The lowest BCUT2D eigenvalue weighted by Gasteiger charge is -2.28. The van der Waals surface area contributed by atoms with Crippen molar-refractivity contribution in [2.45, 2.75) is 71.1 Å². The van der Waals surface area contributed by atoms with E-state index in [1.807, 2.05) is 6.08 Å². The Morgan fingerprint density at radius 2 is 1.50 bits per heavy atom. The van der Waals surface area contributed by atoms with E-state index in [9.17, 15) is 26.3 Å². The number of ether oxygens (including phenoxy) is 1. The van der Waals surface area contributed by atoms with Crippen molar-refractivity contribution in [2.24, 2.45) is 11.8 Å². The Balaban J connectivity index is 1.49. The SMILES string of the molecule is CCC1CCC(CCC2=Cc3cc(F)c(-c4cc(F)c(OC(F)(F)F)c(F)c4)cc3CC2)CC1. The van der Waals surface area contributed by atoms with Crippen LogP contribution in [0.15, 0.2) is 29.8 Å². The molecule has 2 aromatic rings. The normalized spacial score (nSPS) is 20.6. The molecule has 0 unspecified atom stereocenters. The summed E-state index contributed by atoms with van der Waals surface area (Å²) in [4.78, 5) is 0. The summed E-state index contributed by atoms with van der Waals surface area (Å²) in [6, 6.07) is 4.19. The van der Waals surface area contributed by atoms with Gasteiger partial charge in [-0.15, -0.1) is 13.2 Å². The zero-order valence-corrected chi connectivity index (χ0v) is 19.1. The van der Waals surface area contributed by atoms with Crippen molar-refractivity contribution in [1.29, 1.82) is 0 Å². The fourth-order valence-corrected chi connectivity index (χ4v) is 5.24. The molecule has 34 heavy (non-hydrogen) atoms. The Kier molecular flexibility index (Phi) is 7.29. The average molecular weight is 483 g/mol. The average Bonchev–Trinajstić information content (AvgIpc) is 2.79. The van der Waals surface area contributed by atoms with E-state index in [-0.39, 0.29) is 11.1 Å². The first-order valence-electron chi connectivity index (χ1n) is 11.9. The molecule has 0 aliphatic heterocycles. The van der Waals surface area contributed by atoms with Crippen LogP contribution in [-0.2, 0) is 6.42 Å². The number of halogens is 6. The van der Waals surface area contributed by atoms with Crippen LogP contribution in [0.1, 0.15) is 69.4 Å². The van der Waals surface area contributed by atoms with Crippen LogP contribution in [0, 0.1) is 29.3 Å². The molecule has 2 aliphatic rings. The van der Waals surface area contributed by atoms with Crippen molar-refractivity contribution in [3.8, 4) is 16.9 Å². The van der Waals surface area contributed by atoms with E-state index < -0.39 is 29.6 Å². The van der Waals surface area contributed by atoms with Crippen LogP contribution in [0.25, 0.3) is 17.2 Å². The van der Waals surface area contributed by atoms with Gasteiger partial charge in [-0.25, -0.2) is 13.2 Å². The van der Waals surface area contributed by atoms with E-state index >= 15 is 0 Å². The molecule has 0 aromatic heterocycles. The van der Waals surface area contributed by atoms with Crippen molar-refractivity contribution in [3.05, 3.63) is 58.4 Å². The van der Waals surface area contributed by atoms with Gasteiger partial charge >= 0.3 is 6.36 Å². The number of hydrogen-bond acceptors (Lipinski definition) is 1. The van der Waals surface area contributed by atoms with Crippen molar-refractivity contribution in [3.63, 3.8) is 0 Å². The zero-order valence-electron chi connectivity index (χ0n) is 19.1. The van der Waals surface area contributed by atoms with Gasteiger partial charge in [-0.3, -0.25) is 0 Å². The van der Waals surface area contributed by atoms with Crippen molar-refractivity contribution in [1.82, 2.24) is 0 Å². The summed E-state index contributed by atoms with van der Waals surface area (Å²) in [6.07, 6.45) is 6.84. The smallest absolute Gasteiger partial charge is 0.399 e. The molecule has 184 valence electrons. The number of benzene rings is 2. The summed E-state index contributed by atoms with van der Waals surface area (Å²) in [5, 5.41) is 0. The fraction of sp³-hybridized carbons (Fsp3) is 0.481. The van der Waals surface area contributed by atoms with Crippen LogP contribution < -0.4 is 4.74 Å². The van der Waals surface area contributed by atoms with Crippen molar-refractivity contribution < 1.29 is 31.1 Å². The monoisotopic (exact) mass is 482 g/mol. The molecule has 0 saturated heterocycles. The lowest BCUT2D eigenvalue weighted by Crippen LogP contribution is -2.19. The molecule has 0 atom stereocenters. The van der Waals surface area contributed by atoms with E-state index in [2.05, 4.69) is 11.7 Å². The molecule has 0 radical (unpaired) electrons. The summed E-state index contributed by atoms with van der Waals surface area (Å²) >= 11 is 0. The maximum absolute atomic E-state index is 14.9. The Labute approximate surface area is 195 Å². The van der Waals surface area contributed by atoms with Crippen LogP contribution in [0.3, 0.4) is 0 Å². The summed E-state index contributed by atoms with van der Waals surface area (Å²) in [5.41, 5.74) is 2.64. The molecule has 2 aliphatic carbocycles. The molecule has 1 fully saturated rings. The first-order valence-corrected chi connectivity index (χ1v) is 11.9. The summed E-state index contributed by atoms with van der Waals surface area (Å²) < 4.78 is 83.7. The summed E-state index contributed by atoms with van der Waals surface area (Å²) in [6.45, 7) is 2.25. The van der Waals surface area contributed by atoms with Gasteiger partial charge in [0, 0.05) is 5.56 Å². The molecule has 0 amide bonds. The quantitative estimate of drug-likeness (QED) is 0.373.